The van der Waals surface area contributed by atoms with E-state index in [1.54, 1.807) is 11.9 Å². The van der Waals surface area contributed by atoms with E-state index in [4.69, 9.17) is 4.98 Å². The van der Waals surface area contributed by atoms with Crippen LogP contribution in [0.25, 0.3) is 0 Å². The molecule has 8 nitrogen and oxygen atoms in total. The van der Waals surface area contributed by atoms with Crippen molar-refractivity contribution in [1.82, 2.24) is 19.5 Å². The molecule has 9 heteroatoms. The molecular formula is C28H39N5O3S. The Kier molecular flexibility index (Phi) is 9.82. The molecule has 1 amide bonds. The third-order valence-corrected chi connectivity index (χ3v) is 8.10. The van der Waals surface area contributed by atoms with Crippen LogP contribution < -0.4 is 10.6 Å². The quantitative estimate of drug-likeness (QED) is 0.270. The highest BCUT2D eigenvalue weighted by atomic mass is 32.2. The summed E-state index contributed by atoms with van der Waals surface area (Å²) in [6.07, 6.45) is 5.66. The molecule has 1 aromatic carbocycles. The van der Waals surface area contributed by atoms with Crippen LogP contribution in [0.15, 0.2) is 41.3 Å². The van der Waals surface area contributed by atoms with Gasteiger partial charge in [0.15, 0.2) is 0 Å². The molecule has 0 radical (unpaired) electrons. The predicted molar refractivity (Wildman–Crippen MR) is 148 cm³/mol. The summed E-state index contributed by atoms with van der Waals surface area (Å²) in [7, 11) is 2.01. The number of amides is 1. The molecule has 2 aliphatic rings. The smallest absolute Gasteiger partial charge is 0.326 e. The summed E-state index contributed by atoms with van der Waals surface area (Å²) in [5.41, 5.74) is 3.65. The first-order valence-corrected chi connectivity index (χ1v) is 14.1. The van der Waals surface area contributed by atoms with Crippen molar-refractivity contribution >= 4 is 29.6 Å². The Bertz CT molecular complexity index is 1060. The van der Waals surface area contributed by atoms with E-state index in [1.807, 2.05) is 7.05 Å². The number of nitrogens with one attached hydrogen (secondary N) is 2. The molecule has 0 spiro atoms. The molecular weight excluding hydrogens is 486 g/mol. The average molecular weight is 526 g/mol. The number of hydrogen-bond donors (Lipinski definition) is 3. The van der Waals surface area contributed by atoms with Crippen molar-refractivity contribution in [3.63, 3.8) is 0 Å². The Morgan fingerprint density at radius 1 is 1.19 bits per heavy atom. The van der Waals surface area contributed by atoms with Gasteiger partial charge >= 0.3 is 5.97 Å². The minimum absolute atomic E-state index is 0.162. The van der Waals surface area contributed by atoms with Crippen molar-refractivity contribution in [3.8, 4) is 0 Å². The van der Waals surface area contributed by atoms with E-state index in [0.29, 0.717) is 26.1 Å². The minimum atomic E-state index is -0.973. The van der Waals surface area contributed by atoms with Gasteiger partial charge in [-0.25, -0.2) is 14.1 Å². The van der Waals surface area contributed by atoms with Crippen LogP contribution in [-0.4, -0.2) is 77.0 Å². The summed E-state index contributed by atoms with van der Waals surface area (Å²) in [5, 5.41) is 15.8. The van der Waals surface area contributed by atoms with Crippen LogP contribution in [0.3, 0.4) is 0 Å². The third kappa shape index (κ3) is 8.18. The summed E-state index contributed by atoms with van der Waals surface area (Å²) in [6.45, 7) is 5.83. The first-order valence-electron chi connectivity index (χ1n) is 13.3. The van der Waals surface area contributed by atoms with Crippen LogP contribution in [-0.2, 0) is 22.4 Å². The normalized spacial score (nSPS) is 16.5. The van der Waals surface area contributed by atoms with Crippen molar-refractivity contribution < 1.29 is 14.7 Å². The van der Waals surface area contributed by atoms with E-state index in [0.717, 1.165) is 55.2 Å². The van der Waals surface area contributed by atoms with Crippen molar-refractivity contribution in [2.24, 2.45) is 5.92 Å². The molecule has 3 N–H and O–H groups in total. The van der Waals surface area contributed by atoms with E-state index in [9.17, 15) is 14.7 Å². The molecule has 3 heterocycles. The maximum absolute atomic E-state index is 12.6. The number of aliphatic carboxylic acids is 1. The van der Waals surface area contributed by atoms with Gasteiger partial charge in [0.2, 0.25) is 5.91 Å². The molecule has 4 rings (SSSR count). The number of rotatable bonds is 13. The maximum Gasteiger partial charge on any atom is 0.326 e. The van der Waals surface area contributed by atoms with Crippen LogP contribution in [0.5, 0.6) is 0 Å². The molecule has 1 saturated heterocycles. The number of aromatic nitrogens is 1. The number of hydrogen-bond acceptors (Lipinski definition) is 7. The molecule has 2 aliphatic heterocycles. The topological polar surface area (TPSA) is 97.8 Å². The van der Waals surface area contributed by atoms with Gasteiger partial charge in [-0.3, -0.25) is 4.79 Å². The number of benzene rings is 1. The molecule has 0 aliphatic carbocycles. The molecule has 1 aromatic heterocycles. The fourth-order valence-electron chi connectivity index (χ4n) is 4.63. The predicted octanol–water partition coefficient (Wildman–Crippen LogP) is 3.60. The van der Waals surface area contributed by atoms with Crippen LogP contribution in [0, 0.1) is 12.8 Å². The number of carboxylic acid groups (broad SMARTS) is 1. The molecule has 200 valence electrons. The standard InChI is InChI=1S/C28H39N5O3S/c1-20-8-12-24(13-9-20)37-33-18-22(19-33)27(34)31-25(28(35)36)14-17-32(2)16-4-3-7-23-11-10-21-6-5-15-29-26(21)30-23/h8-13,22,25H,3-7,14-19H2,1-2H3,(H,29,30)(H,31,34)(H,35,36). The van der Waals surface area contributed by atoms with Crippen molar-refractivity contribution in [2.75, 3.05) is 45.1 Å². The zero-order chi connectivity index (χ0) is 26.2. The molecule has 1 atom stereocenters. The number of pyridine rings is 1. The summed E-state index contributed by atoms with van der Waals surface area (Å²) < 4.78 is 2.13. The van der Waals surface area contributed by atoms with Crippen molar-refractivity contribution in [2.45, 2.75) is 56.4 Å². The van der Waals surface area contributed by atoms with Gasteiger partial charge < -0.3 is 20.6 Å². The maximum atomic E-state index is 12.6. The Morgan fingerprint density at radius 3 is 2.73 bits per heavy atom. The Morgan fingerprint density at radius 2 is 1.97 bits per heavy atom. The molecule has 0 saturated carbocycles. The number of carboxylic acids is 1. The second kappa shape index (κ2) is 13.3. The first kappa shape index (κ1) is 27.4. The van der Waals surface area contributed by atoms with Gasteiger partial charge in [0.1, 0.15) is 11.9 Å². The highest BCUT2D eigenvalue weighted by Crippen LogP contribution is 2.30. The fraction of sp³-hybridized carbons (Fsp3) is 0.536. The monoisotopic (exact) mass is 525 g/mol. The van der Waals surface area contributed by atoms with Crippen LogP contribution in [0.1, 0.15) is 42.5 Å². The van der Waals surface area contributed by atoms with Crippen molar-refractivity contribution in [1.29, 1.82) is 0 Å². The number of unbranched alkanes of at least 4 members (excludes halogenated alkanes) is 1. The fourth-order valence-corrected chi connectivity index (χ4v) is 5.70. The zero-order valence-electron chi connectivity index (χ0n) is 21.9. The van der Waals surface area contributed by atoms with Gasteiger partial charge in [-0.15, -0.1) is 0 Å². The average Bonchev–Trinajstić information content (AvgIpc) is 2.87. The van der Waals surface area contributed by atoms with E-state index in [-0.39, 0.29) is 11.8 Å². The summed E-state index contributed by atoms with van der Waals surface area (Å²) in [5.74, 6) is -0.255. The number of carbonyl (C=O) groups is 2. The lowest BCUT2D eigenvalue weighted by Gasteiger charge is -2.37. The van der Waals surface area contributed by atoms with Gasteiger partial charge in [-0.05, 0) is 94.8 Å². The molecule has 37 heavy (non-hydrogen) atoms. The lowest BCUT2D eigenvalue weighted by molar-refractivity contribution is -0.143. The number of fused-ring (bicyclic) bond motifs is 1. The van der Waals surface area contributed by atoms with Crippen LogP contribution >= 0.6 is 11.9 Å². The highest BCUT2D eigenvalue weighted by Gasteiger charge is 2.35. The Labute approximate surface area is 224 Å². The van der Waals surface area contributed by atoms with Gasteiger partial charge in [0.25, 0.3) is 0 Å². The molecule has 0 bridgehead atoms. The van der Waals surface area contributed by atoms with Gasteiger partial charge in [0.05, 0.1) is 5.92 Å². The lowest BCUT2D eigenvalue weighted by atomic mass is 10.0. The molecule has 1 unspecified atom stereocenters. The van der Waals surface area contributed by atoms with E-state index in [2.05, 4.69) is 63.2 Å². The lowest BCUT2D eigenvalue weighted by Crippen LogP contribution is -2.54. The van der Waals surface area contributed by atoms with Crippen LogP contribution in [0.4, 0.5) is 5.82 Å². The van der Waals surface area contributed by atoms with E-state index >= 15 is 0 Å². The second-order valence-corrected chi connectivity index (χ2v) is 11.4. The van der Waals surface area contributed by atoms with Gasteiger partial charge in [-0.2, -0.15) is 0 Å². The first-order chi connectivity index (χ1) is 17.9. The second-order valence-electron chi connectivity index (χ2n) is 10.2. The number of carbonyl (C=O) groups excluding carboxylic acids is 1. The molecule has 1 fully saturated rings. The largest absolute Gasteiger partial charge is 0.480 e. The van der Waals surface area contributed by atoms with Gasteiger partial charge in [-0.1, -0.05) is 23.8 Å². The highest BCUT2D eigenvalue weighted by molar-refractivity contribution is 7.97. The Hall–Kier alpha value is -2.62. The van der Waals surface area contributed by atoms with Gasteiger partial charge in [0, 0.05) is 36.8 Å². The van der Waals surface area contributed by atoms with E-state index < -0.39 is 12.0 Å². The summed E-state index contributed by atoms with van der Waals surface area (Å²) in [6, 6.07) is 11.8. The van der Waals surface area contributed by atoms with Crippen molar-refractivity contribution in [3.05, 3.63) is 53.2 Å². The van der Waals surface area contributed by atoms with E-state index in [1.165, 1.54) is 17.5 Å². The number of nitrogens with zero attached hydrogens (tertiary/aromatic N) is 3. The summed E-state index contributed by atoms with van der Waals surface area (Å²) >= 11 is 1.64. The van der Waals surface area contributed by atoms with Crippen LogP contribution in [0.2, 0.25) is 0 Å². The number of aryl methyl sites for hydroxylation is 3. The number of anilines is 1. The minimum Gasteiger partial charge on any atom is -0.480 e. The summed E-state index contributed by atoms with van der Waals surface area (Å²) in [4.78, 5) is 32.4. The SMILES string of the molecule is Cc1ccc(SN2CC(C(=O)NC(CCN(C)CCCCc3ccc4c(n3)NCCC4)C(=O)O)C2)cc1. The Balaban J connectivity index is 1.11. The third-order valence-electron chi connectivity index (χ3n) is 7.06. The zero-order valence-corrected chi connectivity index (χ0v) is 22.7. The molecule has 2 aromatic rings.